The first-order valence-electron chi connectivity index (χ1n) is 9.93. The van der Waals surface area contributed by atoms with E-state index in [2.05, 4.69) is 0 Å². The summed E-state index contributed by atoms with van der Waals surface area (Å²) in [6.07, 6.45) is 0.353. The Hall–Kier alpha value is -2.13. The lowest BCUT2D eigenvalue weighted by atomic mass is 10.1. The number of carbonyl (C=O) groups excluding carboxylic acids is 1. The van der Waals surface area contributed by atoms with E-state index in [1.165, 1.54) is 7.11 Å². The summed E-state index contributed by atoms with van der Waals surface area (Å²) in [5, 5.41) is 11.2. The highest BCUT2D eigenvalue weighted by molar-refractivity contribution is 7.91. The number of rotatable bonds is 10. The monoisotopic (exact) mass is 467 g/mol. The number of aliphatic hydroxyl groups excluding tert-OH is 1. The fraction of sp³-hybridized carbons (Fsp3) is 0.409. The van der Waals surface area contributed by atoms with Crippen LogP contribution in [0.4, 0.5) is 0 Å². The number of ether oxygens (including phenoxy) is 2. The SMILES string of the molecule is COc1cc(C=O)ccc1OCC(O)CN(Cc1ccccc1Cl)C1CCS(=O)(=O)C1. The third-order valence-electron chi connectivity index (χ3n) is 5.26. The van der Waals surface area contributed by atoms with Gasteiger partial charge >= 0.3 is 0 Å². The van der Waals surface area contributed by atoms with Crippen molar-refractivity contribution in [3.63, 3.8) is 0 Å². The van der Waals surface area contributed by atoms with Crippen LogP contribution in [0.1, 0.15) is 22.3 Å². The molecule has 31 heavy (non-hydrogen) atoms. The van der Waals surface area contributed by atoms with E-state index >= 15 is 0 Å². The molecule has 0 radical (unpaired) electrons. The summed E-state index contributed by atoms with van der Waals surface area (Å²) in [4.78, 5) is 12.9. The van der Waals surface area contributed by atoms with Crippen LogP contribution in [0.2, 0.25) is 5.02 Å². The van der Waals surface area contributed by atoms with Crippen molar-refractivity contribution >= 4 is 27.7 Å². The number of nitrogens with zero attached hydrogens (tertiary/aromatic N) is 1. The van der Waals surface area contributed by atoms with E-state index in [4.69, 9.17) is 21.1 Å². The topological polar surface area (TPSA) is 93.1 Å². The van der Waals surface area contributed by atoms with Gasteiger partial charge in [0.25, 0.3) is 0 Å². The van der Waals surface area contributed by atoms with Gasteiger partial charge in [0, 0.05) is 29.7 Å². The van der Waals surface area contributed by atoms with E-state index in [1.807, 2.05) is 23.1 Å². The van der Waals surface area contributed by atoms with Crippen LogP contribution in [0, 0.1) is 0 Å². The summed E-state index contributed by atoms with van der Waals surface area (Å²) in [6.45, 7) is 0.629. The number of hydrogen-bond acceptors (Lipinski definition) is 7. The molecule has 2 aromatic rings. The largest absolute Gasteiger partial charge is 0.493 e. The van der Waals surface area contributed by atoms with Crippen LogP contribution in [-0.2, 0) is 16.4 Å². The average molecular weight is 468 g/mol. The Bertz CT molecular complexity index is 1010. The number of methoxy groups -OCH3 is 1. The highest BCUT2D eigenvalue weighted by atomic mass is 35.5. The zero-order chi connectivity index (χ0) is 22.4. The summed E-state index contributed by atoms with van der Waals surface area (Å²) in [5.74, 6) is 1.01. The molecule has 1 fully saturated rings. The maximum Gasteiger partial charge on any atom is 0.161 e. The lowest BCUT2D eigenvalue weighted by molar-refractivity contribution is 0.0517. The van der Waals surface area contributed by atoms with Crippen molar-refractivity contribution in [3.8, 4) is 11.5 Å². The second kappa shape index (κ2) is 10.5. The molecular weight excluding hydrogens is 442 g/mol. The molecule has 7 nitrogen and oxygen atoms in total. The molecule has 0 aromatic heterocycles. The molecule has 9 heteroatoms. The van der Waals surface area contributed by atoms with Crippen molar-refractivity contribution in [2.24, 2.45) is 0 Å². The smallest absolute Gasteiger partial charge is 0.161 e. The number of aldehydes is 1. The molecule has 2 atom stereocenters. The zero-order valence-electron chi connectivity index (χ0n) is 17.2. The van der Waals surface area contributed by atoms with Crippen LogP contribution in [0.3, 0.4) is 0 Å². The van der Waals surface area contributed by atoms with Crippen LogP contribution in [0.15, 0.2) is 42.5 Å². The van der Waals surface area contributed by atoms with Gasteiger partial charge in [-0.1, -0.05) is 29.8 Å². The van der Waals surface area contributed by atoms with Crippen molar-refractivity contribution in [1.82, 2.24) is 4.90 Å². The number of sulfone groups is 1. The number of aliphatic hydroxyl groups is 1. The minimum Gasteiger partial charge on any atom is -0.493 e. The third-order valence-corrected chi connectivity index (χ3v) is 7.38. The number of carbonyl (C=O) groups is 1. The molecule has 0 saturated carbocycles. The molecule has 1 aliphatic heterocycles. The Morgan fingerprint density at radius 3 is 2.68 bits per heavy atom. The van der Waals surface area contributed by atoms with Crippen LogP contribution in [0.5, 0.6) is 11.5 Å². The minimum absolute atomic E-state index is 0.0186. The summed E-state index contributed by atoms with van der Waals surface area (Å²) < 4.78 is 35.0. The van der Waals surface area contributed by atoms with Gasteiger partial charge in [-0.2, -0.15) is 0 Å². The highest BCUT2D eigenvalue weighted by Crippen LogP contribution is 2.28. The molecule has 2 aromatic carbocycles. The lowest BCUT2D eigenvalue weighted by Crippen LogP contribution is -2.42. The first-order valence-corrected chi connectivity index (χ1v) is 12.1. The van der Waals surface area contributed by atoms with Crippen LogP contribution < -0.4 is 9.47 Å². The molecule has 1 saturated heterocycles. The summed E-state index contributed by atoms with van der Waals surface area (Å²) >= 11 is 6.30. The molecule has 0 amide bonds. The normalized spacial score (nSPS) is 18.6. The minimum atomic E-state index is -3.08. The predicted molar refractivity (Wildman–Crippen MR) is 119 cm³/mol. The highest BCUT2D eigenvalue weighted by Gasteiger charge is 2.33. The van der Waals surface area contributed by atoms with Gasteiger partial charge in [0.2, 0.25) is 0 Å². The van der Waals surface area contributed by atoms with Crippen LogP contribution >= 0.6 is 11.6 Å². The Morgan fingerprint density at radius 2 is 2.03 bits per heavy atom. The Kier molecular flexibility index (Phi) is 7.94. The van der Waals surface area contributed by atoms with Crippen molar-refractivity contribution in [2.75, 3.05) is 31.8 Å². The molecular formula is C22H26ClNO6S. The molecule has 0 bridgehead atoms. The zero-order valence-corrected chi connectivity index (χ0v) is 18.8. The Morgan fingerprint density at radius 1 is 1.26 bits per heavy atom. The molecule has 1 heterocycles. The van der Waals surface area contributed by atoms with Gasteiger partial charge in [-0.3, -0.25) is 9.69 Å². The fourth-order valence-corrected chi connectivity index (χ4v) is 5.59. The standard InChI is InChI=1S/C22H26ClNO6S/c1-29-22-10-16(13-25)6-7-21(22)30-14-19(26)12-24(18-8-9-31(27,28)15-18)11-17-4-2-3-5-20(17)23/h2-7,10,13,18-19,26H,8-9,11-12,14-15H2,1H3. The van der Waals surface area contributed by atoms with Crippen LogP contribution in [-0.4, -0.2) is 68.6 Å². The number of hydrogen-bond donors (Lipinski definition) is 1. The summed E-state index contributed by atoms with van der Waals surface area (Å²) in [5.41, 5.74) is 1.32. The first kappa shape index (κ1) is 23.5. The Balaban J connectivity index is 1.69. The van der Waals surface area contributed by atoms with Crippen molar-refractivity contribution < 1.29 is 27.8 Å². The van der Waals surface area contributed by atoms with E-state index in [1.54, 1.807) is 24.3 Å². The molecule has 0 aliphatic carbocycles. The molecule has 168 valence electrons. The van der Waals surface area contributed by atoms with Gasteiger partial charge < -0.3 is 14.6 Å². The van der Waals surface area contributed by atoms with E-state index in [0.29, 0.717) is 41.3 Å². The van der Waals surface area contributed by atoms with Crippen molar-refractivity contribution in [2.45, 2.75) is 25.1 Å². The maximum absolute atomic E-state index is 12.0. The second-order valence-corrected chi connectivity index (χ2v) is 10.2. The predicted octanol–water partition coefficient (Wildman–Crippen LogP) is 2.59. The van der Waals surface area contributed by atoms with Gasteiger partial charge in [-0.15, -0.1) is 0 Å². The van der Waals surface area contributed by atoms with Crippen molar-refractivity contribution in [1.29, 1.82) is 0 Å². The molecule has 0 spiro atoms. The quantitative estimate of drug-likeness (QED) is 0.537. The van der Waals surface area contributed by atoms with E-state index in [-0.39, 0.29) is 30.7 Å². The van der Waals surface area contributed by atoms with Gasteiger partial charge in [-0.25, -0.2) is 8.42 Å². The second-order valence-electron chi connectivity index (χ2n) is 7.57. The number of benzene rings is 2. The van der Waals surface area contributed by atoms with Gasteiger partial charge in [0.15, 0.2) is 21.3 Å². The van der Waals surface area contributed by atoms with E-state index in [0.717, 1.165) is 5.56 Å². The molecule has 3 rings (SSSR count). The summed E-state index contributed by atoms with van der Waals surface area (Å²) in [7, 11) is -1.61. The third kappa shape index (κ3) is 6.43. The van der Waals surface area contributed by atoms with E-state index < -0.39 is 15.9 Å². The molecule has 2 unspecified atom stereocenters. The lowest BCUT2D eigenvalue weighted by Gasteiger charge is -2.30. The van der Waals surface area contributed by atoms with Crippen molar-refractivity contribution in [3.05, 3.63) is 58.6 Å². The molecule has 1 aliphatic rings. The maximum atomic E-state index is 12.0. The summed E-state index contributed by atoms with van der Waals surface area (Å²) in [6, 6.07) is 12.0. The first-order chi connectivity index (χ1) is 14.8. The average Bonchev–Trinajstić information content (AvgIpc) is 3.12. The molecule has 1 N–H and O–H groups in total. The van der Waals surface area contributed by atoms with Gasteiger partial charge in [0.05, 0.1) is 18.6 Å². The van der Waals surface area contributed by atoms with E-state index in [9.17, 15) is 18.3 Å². The fourth-order valence-electron chi connectivity index (χ4n) is 3.64. The van der Waals surface area contributed by atoms with Gasteiger partial charge in [0.1, 0.15) is 19.0 Å². The number of halogens is 1. The van der Waals surface area contributed by atoms with Gasteiger partial charge in [-0.05, 0) is 36.2 Å². The Labute approximate surface area is 187 Å². The van der Waals surface area contributed by atoms with Crippen LogP contribution in [0.25, 0.3) is 0 Å².